The van der Waals surface area contributed by atoms with Crippen LogP contribution >= 0.6 is 0 Å². The topological polar surface area (TPSA) is 92.9 Å². The Morgan fingerprint density at radius 3 is 2.38 bits per heavy atom. The zero-order valence-electron chi connectivity index (χ0n) is 17.3. The van der Waals surface area contributed by atoms with Gasteiger partial charge in [0.25, 0.3) is 0 Å². The standard InChI is InChI=1S/C23H13F4N3O3S/c1-34(31,32)20-10-15(6-5-13(20)11-28)33-14-7-8-19(24)17(9-14)21-16-3-2-4-18(23(25,26)27)22(16)30-12-29-21/h2-10,12H,1H3. The van der Waals surface area contributed by atoms with Crippen molar-refractivity contribution < 1.29 is 30.7 Å². The lowest BCUT2D eigenvalue weighted by Crippen LogP contribution is -2.07. The largest absolute Gasteiger partial charge is 0.457 e. The van der Waals surface area contributed by atoms with Crippen LogP contribution in [-0.4, -0.2) is 24.6 Å². The first kappa shape index (κ1) is 23.1. The van der Waals surface area contributed by atoms with Crippen LogP contribution in [0.5, 0.6) is 11.5 Å². The van der Waals surface area contributed by atoms with Gasteiger partial charge in [0, 0.05) is 23.3 Å². The number of nitriles is 1. The number of alkyl halides is 3. The Morgan fingerprint density at radius 1 is 1.00 bits per heavy atom. The van der Waals surface area contributed by atoms with E-state index in [0.717, 1.165) is 30.8 Å². The molecule has 0 aliphatic carbocycles. The van der Waals surface area contributed by atoms with Gasteiger partial charge in [-0.05, 0) is 36.4 Å². The summed E-state index contributed by atoms with van der Waals surface area (Å²) < 4.78 is 84.5. The molecular formula is C23H13F4N3O3S. The molecule has 3 aromatic carbocycles. The van der Waals surface area contributed by atoms with Crippen LogP contribution in [0.1, 0.15) is 11.1 Å². The minimum Gasteiger partial charge on any atom is -0.457 e. The molecule has 0 atom stereocenters. The second kappa shape index (κ2) is 8.39. The number of ether oxygens (including phenoxy) is 1. The number of hydrogen-bond acceptors (Lipinski definition) is 6. The predicted molar refractivity (Wildman–Crippen MR) is 114 cm³/mol. The molecule has 0 unspecified atom stereocenters. The van der Waals surface area contributed by atoms with Gasteiger partial charge >= 0.3 is 6.18 Å². The van der Waals surface area contributed by atoms with Crippen LogP contribution in [0.25, 0.3) is 22.2 Å². The van der Waals surface area contributed by atoms with Gasteiger partial charge in [0.15, 0.2) is 9.84 Å². The van der Waals surface area contributed by atoms with Crippen molar-refractivity contribution in [2.45, 2.75) is 11.1 Å². The van der Waals surface area contributed by atoms with E-state index in [1.807, 2.05) is 0 Å². The minimum atomic E-state index is -4.67. The van der Waals surface area contributed by atoms with Crippen molar-refractivity contribution in [2.75, 3.05) is 6.26 Å². The number of hydrogen-bond donors (Lipinski definition) is 0. The second-order valence-corrected chi connectivity index (χ2v) is 9.19. The summed E-state index contributed by atoms with van der Waals surface area (Å²) in [5.74, 6) is -0.635. The lowest BCUT2D eigenvalue weighted by Gasteiger charge is -2.13. The van der Waals surface area contributed by atoms with Crippen molar-refractivity contribution in [1.29, 1.82) is 5.26 Å². The molecule has 0 N–H and O–H groups in total. The molecule has 0 radical (unpaired) electrons. The van der Waals surface area contributed by atoms with Crippen molar-refractivity contribution in [2.24, 2.45) is 0 Å². The van der Waals surface area contributed by atoms with E-state index >= 15 is 0 Å². The molecule has 0 spiro atoms. The fraction of sp³-hybridized carbons (Fsp3) is 0.0870. The first-order valence-electron chi connectivity index (χ1n) is 9.52. The molecule has 4 aromatic rings. The third-order valence-electron chi connectivity index (χ3n) is 4.87. The Balaban J connectivity index is 1.81. The molecule has 172 valence electrons. The van der Waals surface area contributed by atoms with E-state index in [0.29, 0.717) is 0 Å². The smallest absolute Gasteiger partial charge is 0.418 e. The molecule has 0 aliphatic heterocycles. The SMILES string of the molecule is CS(=O)(=O)c1cc(Oc2ccc(F)c(-c3ncnc4c(C(F)(F)F)cccc34)c2)ccc1C#N. The van der Waals surface area contributed by atoms with Gasteiger partial charge < -0.3 is 4.74 Å². The van der Waals surface area contributed by atoms with Crippen molar-refractivity contribution in [1.82, 2.24) is 9.97 Å². The molecule has 0 saturated heterocycles. The number of fused-ring (bicyclic) bond motifs is 1. The number of aromatic nitrogens is 2. The van der Waals surface area contributed by atoms with E-state index in [4.69, 9.17) is 10.00 Å². The van der Waals surface area contributed by atoms with Crippen molar-refractivity contribution >= 4 is 20.7 Å². The summed E-state index contributed by atoms with van der Waals surface area (Å²) in [6.07, 6.45) is -2.81. The molecule has 0 amide bonds. The van der Waals surface area contributed by atoms with Gasteiger partial charge in [-0.3, -0.25) is 0 Å². The van der Waals surface area contributed by atoms with Crippen LogP contribution in [0.4, 0.5) is 17.6 Å². The maximum absolute atomic E-state index is 14.7. The summed E-state index contributed by atoms with van der Waals surface area (Å²) in [4.78, 5) is 7.48. The number of nitrogens with zero attached hydrogens (tertiary/aromatic N) is 3. The van der Waals surface area contributed by atoms with Gasteiger partial charge in [0.1, 0.15) is 29.7 Å². The maximum Gasteiger partial charge on any atom is 0.418 e. The molecule has 1 aromatic heterocycles. The van der Waals surface area contributed by atoms with Crippen LogP contribution in [0.15, 0.2) is 65.8 Å². The first-order chi connectivity index (χ1) is 16.0. The highest BCUT2D eigenvalue weighted by atomic mass is 32.2. The number of para-hydroxylation sites is 1. The Labute approximate surface area is 191 Å². The molecule has 0 fully saturated rings. The third-order valence-corrected chi connectivity index (χ3v) is 6.01. The molecular weight excluding hydrogens is 474 g/mol. The van der Waals surface area contributed by atoms with Crippen molar-refractivity contribution in [3.8, 4) is 28.8 Å². The van der Waals surface area contributed by atoms with Gasteiger partial charge in [-0.25, -0.2) is 22.8 Å². The van der Waals surface area contributed by atoms with Crippen LogP contribution in [0, 0.1) is 17.1 Å². The average Bonchev–Trinajstić information content (AvgIpc) is 2.78. The van der Waals surface area contributed by atoms with E-state index < -0.39 is 27.4 Å². The predicted octanol–water partition coefficient (Wildman–Crippen LogP) is 5.52. The molecule has 1 heterocycles. The van der Waals surface area contributed by atoms with Crippen LogP contribution in [0.3, 0.4) is 0 Å². The first-order valence-corrected chi connectivity index (χ1v) is 11.4. The molecule has 6 nitrogen and oxygen atoms in total. The summed E-state index contributed by atoms with van der Waals surface area (Å²) in [6.45, 7) is 0. The van der Waals surface area contributed by atoms with E-state index in [2.05, 4.69) is 9.97 Å². The minimum absolute atomic E-state index is 0.00823. The number of sulfone groups is 1. The summed E-state index contributed by atoms with van der Waals surface area (Å²) in [5.41, 5.74) is -1.64. The Morgan fingerprint density at radius 2 is 1.71 bits per heavy atom. The zero-order chi connectivity index (χ0) is 24.7. The van der Waals surface area contributed by atoms with Gasteiger partial charge in [0.2, 0.25) is 0 Å². The number of benzene rings is 3. The van der Waals surface area contributed by atoms with Crippen LogP contribution < -0.4 is 4.74 Å². The summed E-state index contributed by atoms with van der Waals surface area (Å²) in [6, 6.07) is 12.5. The Hall–Kier alpha value is -4.04. The maximum atomic E-state index is 14.7. The highest BCUT2D eigenvalue weighted by molar-refractivity contribution is 7.90. The zero-order valence-corrected chi connectivity index (χ0v) is 18.1. The van der Waals surface area contributed by atoms with Crippen molar-refractivity contribution in [3.63, 3.8) is 0 Å². The molecule has 0 bridgehead atoms. The molecule has 4 rings (SSSR count). The van der Waals surface area contributed by atoms with Gasteiger partial charge in [-0.15, -0.1) is 0 Å². The van der Waals surface area contributed by atoms with E-state index in [-0.39, 0.29) is 44.1 Å². The molecule has 0 aliphatic rings. The van der Waals surface area contributed by atoms with Gasteiger partial charge in [-0.1, -0.05) is 12.1 Å². The normalized spacial score (nSPS) is 11.9. The third kappa shape index (κ3) is 4.40. The Bertz CT molecular complexity index is 1580. The fourth-order valence-electron chi connectivity index (χ4n) is 3.38. The van der Waals surface area contributed by atoms with Gasteiger partial charge in [-0.2, -0.15) is 18.4 Å². The highest BCUT2D eigenvalue weighted by Gasteiger charge is 2.33. The van der Waals surface area contributed by atoms with E-state index in [1.54, 1.807) is 6.07 Å². The lowest BCUT2D eigenvalue weighted by atomic mass is 10.0. The van der Waals surface area contributed by atoms with Crippen LogP contribution in [-0.2, 0) is 16.0 Å². The number of halogens is 4. The summed E-state index contributed by atoms with van der Waals surface area (Å²) in [7, 11) is -3.73. The monoisotopic (exact) mass is 487 g/mol. The second-order valence-electron chi connectivity index (χ2n) is 7.21. The molecule has 34 heavy (non-hydrogen) atoms. The van der Waals surface area contributed by atoms with E-state index in [1.165, 1.54) is 36.4 Å². The Kier molecular flexibility index (Phi) is 5.70. The average molecular weight is 487 g/mol. The molecule has 0 saturated carbocycles. The van der Waals surface area contributed by atoms with Crippen molar-refractivity contribution in [3.05, 3.63) is 77.9 Å². The number of rotatable bonds is 4. The van der Waals surface area contributed by atoms with E-state index in [9.17, 15) is 26.0 Å². The quantitative estimate of drug-likeness (QED) is 0.352. The highest BCUT2D eigenvalue weighted by Crippen LogP contribution is 2.38. The van der Waals surface area contributed by atoms with Gasteiger partial charge in [0.05, 0.1) is 27.2 Å². The lowest BCUT2D eigenvalue weighted by molar-refractivity contribution is -0.136. The molecule has 11 heteroatoms. The van der Waals surface area contributed by atoms with Crippen LogP contribution in [0.2, 0.25) is 0 Å². The summed E-state index contributed by atoms with van der Waals surface area (Å²) in [5, 5.41) is 9.12. The fourth-order valence-corrected chi connectivity index (χ4v) is 4.23. The summed E-state index contributed by atoms with van der Waals surface area (Å²) >= 11 is 0.